The van der Waals surface area contributed by atoms with Gasteiger partial charge in [-0.3, -0.25) is 19.1 Å². The van der Waals surface area contributed by atoms with Crippen molar-refractivity contribution in [1.29, 1.82) is 5.26 Å². The normalized spacial score (nSPS) is 10.8. The highest BCUT2D eigenvalue weighted by atomic mass is 35.5. The van der Waals surface area contributed by atoms with Crippen LogP contribution < -0.4 is 16.4 Å². The fourth-order valence-electron chi connectivity index (χ4n) is 3.87. The monoisotopic (exact) mass is 546 g/mol. The van der Waals surface area contributed by atoms with Gasteiger partial charge in [-0.2, -0.15) is 5.26 Å². The van der Waals surface area contributed by atoms with Crippen LogP contribution in [0.25, 0.3) is 22.3 Å². The molecule has 188 valence electrons. The van der Waals surface area contributed by atoms with Crippen molar-refractivity contribution in [3.05, 3.63) is 98.1 Å². The first-order valence-corrected chi connectivity index (χ1v) is 11.8. The summed E-state index contributed by atoms with van der Waals surface area (Å²) in [6, 6.07) is 18.3. The number of halogens is 2. The Labute approximate surface area is 224 Å². The molecular formula is C26H16Cl2N6O4. The predicted octanol–water partition coefficient (Wildman–Crippen LogP) is 5.12. The molecule has 10 nitrogen and oxygen atoms in total. The maximum Gasteiger partial charge on any atom is 0.439 e. The van der Waals surface area contributed by atoms with Crippen LogP contribution in [0.1, 0.15) is 21.6 Å². The first-order valence-electron chi connectivity index (χ1n) is 11.1. The number of aromatic amines is 2. The topological polar surface area (TPSA) is 157 Å². The van der Waals surface area contributed by atoms with Crippen LogP contribution in [0.15, 0.2) is 70.0 Å². The molecule has 0 saturated carbocycles. The van der Waals surface area contributed by atoms with E-state index in [2.05, 4.69) is 30.3 Å². The average molecular weight is 547 g/mol. The van der Waals surface area contributed by atoms with Crippen molar-refractivity contribution in [2.45, 2.75) is 6.42 Å². The smallest absolute Gasteiger partial charge is 0.349 e. The lowest BCUT2D eigenvalue weighted by molar-refractivity contribution is -0.115. The van der Waals surface area contributed by atoms with E-state index in [9.17, 15) is 19.6 Å². The largest absolute Gasteiger partial charge is 0.439 e. The number of aromatic nitrogens is 3. The minimum atomic E-state index is -0.775. The van der Waals surface area contributed by atoms with Gasteiger partial charge in [0.05, 0.1) is 34.9 Å². The third-order valence-corrected chi connectivity index (χ3v) is 6.22. The van der Waals surface area contributed by atoms with Crippen LogP contribution in [0.4, 0.5) is 11.4 Å². The lowest BCUT2D eigenvalue weighted by atomic mass is 10.1. The van der Waals surface area contributed by atoms with E-state index in [4.69, 9.17) is 23.2 Å². The number of benzene rings is 3. The number of hydrogen-bond donors (Lipinski definition) is 4. The van der Waals surface area contributed by atoms with Crippen molar-refractivity contribution in [1.82, 2.24) is 15.1 Å². The Morgan fingerprint density at radius 2 is 1.84 bits per heavy atom. The molecule has 38 heavy (non-hydrogen) atoms. The Morgan fingerprint density at radius 3 is 2.58 bits per heavy atom. The number of carbonyl (C=O) groups is 2. The maximum atomic E-state index is 13.1. The predicted molar refractivity (Wildman–Crippen MR) is 142 cm³/mol. The van der Waals surface area contributed by atoms with E-state index in [-0.39, 0.29) is 23.8 Å². The van der Waals surface area contributed by atoms with Crippen LogP contribution in [0.5, 0.6) is 0 Å². The van der Waals surface area contributed by atoms with Crippen LogP contribution in [-0.4, -0.2) is 26.9 Å². The van der Waals surface area contributed by atoms with Crippen molar-refractivity contribution in [3.8, 4) is 17.5 Å². The highest BCUT2D eigenvalue weighted by molar-refractivity contribution is 6.35. The van der Waals surface area contributed by atoms with Gasteiger partial charge in [0.1, 0.15) is 5.69 Å². The highest BCUT2D eigenvalue weighted by Gasteiger charge is 2.17. The summed E-state index contributed by atoms with van der Waals surface area (Å²) >= 11 is 12.1. The van der Waals surface area contributed by atoms with Crippen molar-refractivity contribution >= 4 is 57.3 Å². The number of fused-ring (bicyclic) bond motifs is 1. The van der Waals surface area contributed by atoms with Crippen molar-refractivity contribution in [2.24, 2.45) is 0 Å². The van der Waals surface area contributed by atoms with Crippen LogP contribution in [0.3, 0.4) is 0 Å². The number of rotatable bonds is 6. The molecule has 0 spiro atoms. The minimum absolute atomic E-state index is 0.0338. The molecule has 2 amide bonds. The Kier molecular flexibility index (Phi) is 6.70. The fraction of sp³-hybridized carbons (Fsp3) is 0.0385. The number of carbonyl (C=O) groups excluding carboxylic acids is 2. The van der Waals surface area contributed by atoms with Crippen LogP contribution >= 0.6 is 23.2 Å². The molecule has 3 aromatic carbocycles. The van der Waals surface area contributed by atoms with E-state index < -0.39 is 11.7 Å². The number of para-hydroxylation sites is 1. The zero-order valence-electron chi connectivity index (χ0n) is 19.3. The molecule has 0 bridgehead atoms. The molecule has 0 saturated heterocycles. The van der Waals surface area contributed by atoms with Gasteiger partial charge in [-0.15, -0.1) is 0 Å². The standard InChI is InChI=1S/C26H16Cl2N6O4/c27-16-6-5-14(18(28)11-16)10-22(35)30-20-3-1-2-15-9-21(31-23(15)20)25(36)32-19-7-4-13(12-29)8-17(19)24-33-26(37)38-34-24/h1-9,11,31H,10H2,(H,30,35)(H,32,36)(H,33,34,37). The molecular weight excluding hydrogens is 531 g/mol. The van der Waals surface area contributed by atoms with Gasteiger partial charge in [-0.05, 0) is 48.0 Å². The van der Waals surface area contributed by atoms with Crippen LogP contribution in [0, 0.1) is 11.3 Å². The van der Waals surface area contributed by atoms with Gasteiger partial charge in [0.25, 0.3) is 5.91 Å². The van der Waals surface area contributed by atoms with E-state index in [0.717, 1.165) is 0 Å². The molecule has 12 heteroatoms. The molecule has 5 rings (SSSR count). The van der Waals surface area contributed by atoms with Crippen LogP contribution in [-0.2, 0) is 11.2 Å². The summed E-state index contributed by atoms with van der Waals surface area (Å²) in [4.78, 5) is 42.7. The lowest BCUT2D eigenvalue weighted by Crippen LogP contribution is -2.15. The molecule has 0 atom stereocenters. The quantitative estimate of drug-likeness (QED) is 0.231. The average Bonchev–Trinajstić information content (AvgIpc) is 3.53. The third-order valence-electron chi connectivity index (χ3n) is 5.63. The van der Waals surface area contributed by atoms with E-state index >= 15 is 0 Å². The Balaban J connectivity index is 1.39. The first-order chi connectivity index (χ1) is 18.3. The van der Waals surface area contributed by atoms with Gasteiger partial charge in [0.15, 0.2) is 5.82 Å². The summed E-state index contributed by atoms with van der Waals surface area (Å²) in [6.45, 7) is 0. The van der Waals surface area contributed by atoms with Crippen molar-refractivity contribution in [2.75, 3.05) is 10.6 Å². The number of nitriles is 1. The summed E-state index contributed by atoms with van der Waals surface area (Å²) in [7, 11) is 0. The molecule has 0 aliphatic carbocycles. The number of anilines is 2. The Bertz CT molecular complexity index is 1810. The summed E-state index contributed by atoms with van der Waals surface area (Å²) < 4.78 is 4.56. The summed E-state index contributed by atoms with van der Waals surface area (Å²) in [6.07, 6.45) is 0.0338. The van der Waals surface area contributed by atoms with E-state index in [1.165, 1.54) is 18.2 Å². The Hall–Kier alpha value is -4.85. The third kappa shape index (κ3) is 5.15. The highest BCUT2D eigenvalue weighted by Crippen LogP contribution is 2.29. The number of nitrogens with zero attached hydrogens (tertiary/aromatic N) is 2. The van der Waals surface area contributed by atoms with Gasteiger partial charge >= 0.3 is 5.76 Å². The SMILES string of the molecule is N#Cc1ccc(NC(=O)c2cc3cccc(NC(=O)Cc4ccc(Cl)cc4Cl)c3[nH]2)c(-c2noc(=O)[nH]2)c1. The molecule has 0 radical (unpaired) electrons. The lowest BCUT2D eigenvalue weighted by Gasteiger charge is -2.09. The summed E-state index contributed by atoms with van der Waals surface area (Å²) in [5.41, 5.74) is 2.77. The summed E-state index contributed by atoms with van der Waals surface area (Å²) in [5.74, 6) is -1.51. The number of H-pyrrole nitrogens is 2. The fourth-order valence-corrected chi connectivity index (χ4v) is 4.34. The van der Waals surface area contributed by atoms with Gasteiger partial charge in [-0.1, -0.05) is 46.6 Å². The second-order valence-electron chi connectivity index (χ2n) is 8.18. The number of nitrogens with one attached hydrogen (secondary N) is 4. The number of amides is 2. The molecule has 2 heterocycles. The van der Waals surface area contributed by atoms with Gasteiger partial charge in [-0.25, -0.2) is 4.79 Å². The first kappa shape index (κ1) is 24.8. The van der Waals surface area contributed by atoms with E-state index in [1.54, 1.807) is 42.5 Å². The maximum absolute atomic E-state index is 13.1. The minimum Gasteiger partial charge on any atom is -0.349 e. The molecule has 5 aromatic rings. The van der Waals surface area contributed by atoms with E-state index in [0.29, 0.717) is 49.0 Å². The van der Waals surface area contributed by atoms with Crippen molar-refractivity contribution in [3.63, 3.8) is 0 Å². The zero-order valence-corrected chi connectivity index (χ0v) is 20.8. The van der Waals surface area contributed by atoms with Gasteiger partial charge in [0, 0.05) is 21.0 Å². The molecule has 0 fully saturated rings. The summed E-state index contributed by atoms with van der Waals surface area (Å²) in [5, 5.41) is 20.0. The Morgan fingerprint density at radius 1 is 1.00 bits per heavy atom. The molecule has 2 aromatic heterocycles. The van der Waals surface area contributed by atoms with Crippen LogP contribution in [0.2, 0.25) is 10.0 Å². The van der Waals surface area contributed by atoms with Gasteiger partial charge < -0.3 is 15.6 Å². The van der Waals surface area contributed by atoms with Crippen molar-refractivity contribution < 1.29 is 14.1 Å². The second kappa shape index (κ2) is 10.3. The second-order valence-corrected chi connectivity index (χ2v) is 9.03. The molecule has 0 aliphatic rings. The number of hydrogen-bond acceptors (Lipinski definition) is 6. The zero-order chi connectivity index (χ0) is 26.8. The molecule has 0 unspecified atom stereocenters. The molecule has 0 aliphatic heterocycles. The van der Waals surface area contributed by atoms with Gasteiger partial charge in [0.2, 0.25) is 5.91 Å². The molecule has 4 N–H and O–H groups in total. The van der Waals surface area contributed by atoms with E-state index in [1.807, 2.05) is 6.07 Å².